The van der Waals surface area contributed by atoms with Crippen molar-refractivity contribution in [2.75, 3.05) is 5.73 Å². The third-order valence-corrected chi connectivity index (χ3v) is 3.07. The summed E-state index contributed by atoms with van der Waals surface area (Å²) in [4.78, 5) is 8.21. The first-order valence-corrected chi connectivity index (χ1v) is 6.15. The second kappa shape index (κ2) is 4.77. The summed E-state index contributed by atoms with van der Waals surface area (Å²) in [5.41, 5.74) is 9.67. The van der Waals surface area contributed by atoms with E-state index in [1.54, 1.807) is 35.6 Å². The molecular weight excluding hydrogens is 255 g/mol. The normalized spacial score (nSPS) is 10.7. The summed E-state index contributed by atoms with van der Waals surface area (Å²) in [6.45, 7) is 1.85. The standard InChI is InChI=1S/C15H13FN4/c1-10-4-11(16)6-12(5-10)20-9-19-8-15(20)13-7-18-3-2-14(13)17/h2-9H,1H3,(H2,17,18). The van der Waals surface area contributed by atoms with Gasteiger partial charge in [0.2, 0.25) is 0 Å². The highest BCUT2D eigenvalue weighted by Crippen LogP contribution is 2.27. The number of pyridine rings is 1. The summed E-state index contributed by atoms with van der Waals surface area (Å²) < 4.78 is 15.4. The van der Waals surface area contributed by atoms with Gasteiger partial charge in [-0.15, -0.1) is 0 Å². The molecule has 2 heterocycles. The SMILES string of the molecule is Cc1cc(F)cc(-n2cncc2-c2cnccc2N)c1. The molecule has 100 valence electrons. The molecule has 5 heteroatoms. The van der Waals surface area contributed by atoms with Crippen LogP contribution < -0.4 is 5.73 Å². The average molecular weight is 268 g/mol. The fraction of sp³-hybridized carbons (Fsp3) is 0.0667. The number of rotatable bonds is 2. The predicted octanol–water partition coefficient (Wildman–Crippen LogP) is 2.96. The van der Waals surface area contributed by atoms with Crippen molar-refractivity contribution in [2.45, 2.75) is 6.92 Å². The second-order valence-electron chi connectivity index (χ2n) is 4.60. The highest BCUT2D eigenvalue weighted by molar-refractivity contribution is 5.73. The van der Waals surface area contributed by atoms with Crippen LogP contribution in [0.3, 0.4) is 0 Å². The molecule has 0 saturated carbocycles. The number of aromatic nitrogens is 3. The molecule has 0 aliphatic heterocycles. The molecule has 1 aromatic carbocycles. The topological polar surface area (TPSA) is 56.7 Å². The monoisotopic (exact) mass is 268 g/mol. The molecule has 20 heavy (non-hydrogen) atoms. The number of benzene rings is 1. The maximum Gasteiger partial charge on any atom is 0.125 e. The fourth-order valence-corrected chi connectivity index (χ4v) is 2.18. The lowest BCUT2D eigenvalue weighted by Gasteiger charge is -2.10. The third kappa shape index (κ3) is 2.14. The van der Waals surface area contributed by atoms with Crippen molar-refractivity contribution in [1.29, 1.82) is 0 Å². The van der Waals surface area contributed by atoms with Gasteiger partial charge in [-0.1, -0.05) is 0 Å². The lowest BCUT2D eigenvalue weighted by atomic mass is 10.1. The van der Waals surface area contributed by atoms with Crippen LogP contribution in [-0.2, 0) is 0 Å². The van der Waals surface area contributed by atoms with E-state index in [0.29, 0.717) is 11.4 Å². The van der Waals surface area contributed by atoms with Crippen molar-refractivity contribution in [3.05, 3.63) is 60.6 Å². The molecule has 0 saturated heterocycles. The molecule has 0 atom stereocenters. The van der Waals surface area contributed by atoms with E-state index in [0.717, 1.165) is 16.8 Å². The Balaban J connectivity index is 2.18. The van der Waals surface area contributed by atoms with Gasteiger partial charge in [0, 0.05) is 23.6 Å². The van der Waals surface area contributed by atoms with Gasteiger partial charge >= 0.3 is 0 Å². The van der Waals surface area contributed by atoms with Crippen molar-refractivity contribution < 1.29 is 4.39 Å². The molecule has 0 spiro atoms. The first kappa shape index (κ1) is 12.3. The van der Waals surface area contributed by atoms with Gasteiger partial charge < -0.3 is 5.73 Å². The molecule has 2 aromatic heterocycles. The molecule has 0 amide bonds. The Hall–Kier alpha value is -2.69. The summed E-state index contributed by atoms with van der Waals surface area (Å²) in [5, 5.41) is 0. The molecule has 0 unspecified atom stereocenters. The van der Waals surface area contributed by atoms with E-state index >= 15 is 0 Å². The van der Waals surface area contributed by atoms with E-state index in [2.05, 4.69) is 9.97 Å². The molecule has 3 rings (SSSR count). The Bertz CT molecular complexity index is 744. The molecule has 0 radical (unpaired) electrons. The number of aryl methyl sites for hydroxylation is 1. The van der Waals surface area contributed by atoms with Crippen LogP contribution in [0.5, 0.6) is 0 Å². The summed E-state index contributed by atoms with van der Waals surface area (Å²) in [6, 6.07) is 6.56. The van der Waals surface area contributed by atoms with Crippen LogP contribution in [0.2, 0.25) is 0 Å². The van der Waals surface area contributed by atoms with Gasteiger partial charge in [-0.2, -0.15) is 0 Å². The minimum atomic E-state index is -0.279. The summed E-state index contributed by atoms with van der Waals surface area (Å²) >= 11 is 0. The first-order chi connectivity index (χ1) is 9.65. The van der Waals surface area contributed by atoms with Gasteiger partial charge in [-0.25, -0.2) is 9.37 Å². The highest BCUT2D eigenvalue weighted by atomic mass is 19.1. The zero-order valence-electron chi connectivity index (χ0n) is 10.9. The Morgan fingerprint density at radius 1 is 1.15 bits per heavy atom. The van der Waals surface area contributed by atoms with E-state index in [9.17, 15) is 4.39 Å². The molecule has 0 aliphatic rings. The predicted molar refractivity (Wildman–Crippen MR) is 75.9 cm³/mol. The van der Waals surface area contributed by atoms with Crippen LogP contribution in [-0.4, -0.2) is 14.5 Å². The number of nitrogens with two attached hydrogens (primary N) is 1. The number of nitrogen functional groups attached to an aromatic ring is 1. The Labute approximate surface area is 115 Å². The van der Waals surface area contributed by atoms with Crippen molar-refractivity contribution in [1.82, 2.24) is 14.5 Å². The molecule has 4 nitrogen and oxygen atoms in total. The summed E-state index contributed by atoms with van der Waals surface area (Å²) in [7, 11) is 0. The van der Waals surface area contributed by atoms with Crippen molar-refractivity contribution in [2.24, 2.45) is 0 Å². The lowest BCUT2D eigenvalue weighted by molar-refractivity contribution is 0.625. The zero-order chi connectivity index (χ0) is 14.1. The van der Waals surface area contributed by atoms with Gasteiger partial charge in [0.05, 0.1) is 23.9 Å². The highest BCUT2D eigenvalue weighted by Gasteiger charge is 2.11. The van der Waals surface area contributed by atoms with Crippen molar-refractivity contribution >= 4 is 5.69 Å². The van der Waals surface area contributed by atoms with Crippen LogP contribution >= 0.6 is 0 Å². The molecule has 3 aromatic rings. The number of nitrogens with zero attached hydrogens (tertiary/aromatic N) is 3. The second-order valence-corrected chi connectivity index (χ2v) is 4.60. The smallest absolute Gasteiger partial charge is 0.125 e. The molecule has 0 bridgehead atoms. The Morgan fingerprint density at radius 3 is 2.75 bits per heavy atom. The molecule has 2 N–H and O–H groups in total. The molecule has 0 aliphatic carbocycles. The van der Waals surface area contributed by atoms with E-state index in [1.807, 2.05) is 13.0 Å². The third-order valence-electron chi connectivity index (χ3n) is 3.07. The number of halogens is 1. The summed E-state index contributed by atoms with van der Waals surface area (Å²) in [6.07, 6.45) is 6.63. The average Bonchev–Trinajstić information content (AvgIpc) is 2.87. The maximum atomic E-state index is 13.6. The van der Waals surface area contributed by atoms with E-state index in [4.69, 9.17) is 5.73 Å². The Kier molecular flexibility index (Phi) is 2.95. The van der Waals surface area contributed by atoms with Gasteiger partial charge in [0.1, 0.15) is 5.82 Å². The van der Waals surface area contributed by atoms with Gasteiger partial charge in [-0.05, 0) is 36.8 Å². The van der Waals surface area contributed by atoms with Crippen molar-refractivity contribution in [3.8, 4) is 16.9 Å². The van der Waals surface area contributed by atoms with Crippen LogP contribution in [0, 0.1) is 12.7 Å². The molecule has 0 fully saturated rings. The maximum absolute atomic E-state index is 13.6. The van der Waals surface area contributed by atoms with E-state index in [-0.39, 0.29) is 5.82 Å². The quantitative estimate of drug-likeness (QED) is 0.777. The van der Waals surface area contributed by atoms with E-state index in [1.165, 1.54) is 12.1 Å². The fourth-order valence-electron chi connectivity index (χ4n) is 2.18. The Morgan fingerprint density at radius 2 is 2.00 bits per heavy atom. The summed E-state index contributed by atoms with van der Waals surface area (Å²) in [5.74, 6) is -0.279. The van der Waals surface area contributed by atoms with Gasteiger partial charge in [0.15, 0.2) is 0 Å². The first-order valence-electron chi connectivity index (χ1n) is 6.15. The van der Waals surface area contributed by atoms with Crippen LogP contribution in [0.1, 0.15) is 5.56 Å². The number of hydrogen-bond donors (Lipinski definition) is 1. The van der Waals surface area contributed by atoms with Crippen LogP contribution in [0.25, 0.3) is 16.9 Å². The minimum absolute atomic E-state index is 0.279. The van der Waals surface area contributed by atoms with Gasteiger partial charge in [0.25, 0.3) is 0 Å². The van der Waals surface area contributed by atoms with Gasteiger partial charge in [-0.3, -0.25) is 9.55 Å². The number of hydrogen-bond acceptors (Lipinski definition) is 3. The lowest BCUT2D eigenvalue weighted by Crippen LogP contribution is -1.99. The molecular formula is C15H13FN4. The number of anilines is 1. The number of imidazole rings is 1. The van der Waals surface area contributed by atoms with Crippen LogP contribution in [0.4, 0.5) is 10.1 Å². The van der Waals surface area contributed by atoms with E-state index < -0.39 is 0 Å². The minimum Gasteiger partial charge on any atom is -0.398 e. The van der Waals surface area contributed by atoms with Crippen molar-refractivity contribution in [3.63, 3.8) is 0 Å². The zero-order valence-corrected chi connectivity index (χ0v) is 10.9. The largest absolute Gasteiger partial charge is 0.398 e. The van der Waals surface area contributed by atoms with Crippen LogP contribution in [0.15, 0.2) is 49.2 Å².